The van der Waals surface area contributed by atoms with E-state index in [1.807, 2.05) is 18.2 Å². The van der Waals surface area contributed by atoms with Crippen molar-refractivity contribution in [3.63, 3.8) is 0 Å². The molecule has 8 heteroatoms. The third-order valence-electron chi connectivity index (χ3n) is 4.25. The lowest BCUT2D eigenvalue weighted by molar-refractivity contribution is -0.130. The van der Waals surface area contributed by atoms with Gasteiger partial charge in [0.15, 0.2) is 11.5 Å². The molecule has 6 nitrogen and oxygen atoms in total. The number of nitrogens with one attached hydrogen (secondary N) is 1. The van der Waals surface area contributed by atoms with E-state index in [0.29, 0.717) is 35.7 Å². The van der Waals surface area contributed by atoms with Crippen molar-refractivity contribution in [1.82, 2.24) is 10.2 Å². The Morgan fingerprint density at radius 3 is 2.68 bits per heavy atom. The molecule has 2 amide bonds. The second-order valence-corrected chi connectivity index (χ2v) is 7.21. The first-order valence-electron chi connectivity index (χ1n) is 8.80. The Bertz CT molecular complexity index is 891. The molecule has 0 atom stereocenters. The van der Waals surface area contributed by atoms with Crippen molar-refractivity contribution in [2.24, 2.45) is 0 Å². The minimum absolute atomic E-state index is 0.117. The Labute approximate surface area is 170 Å². The second kappa shape index (κ2) is 9.05. The number of rotatable bonds is 6. The van der Waals surface area contributed by atoms with Crippen LogP contribution in [0.15, 0.2) is 40.9 Å². The molecule has 1 N–H and O–H groups in total. The van der Waals surface area contributed by atoms with E-state index in [9.17, 15) is 14.0 Å². The van der Waals surface area contributed by atoms with Crippen LogP contribution in [0.5, 0.6) is 11.5 Å². The Morgan fingerprint density at radius 2 is 1.89 bits per heavy atom. The Kier molecular flexibility index (Phi) is 6.51. The van der Waals surface area contributed by atoms with Gasteiger partial charge in [-0.1, -0.05) is 6.07 Å². The molecular formula is C20H20BrFN2O4. The van der Waals surface area contributed by atoms with Gasteiger partial charge >= 0.3 is 0 Å². The molecule has 3 rings (SSSR count). The fraction of sp³-hybridized carbons (Fsp3) is 0.300. The second-order valence-electron chi connectivity index (χ2n) is 6.36. The summed E-state index contributed by atoms with van der Waals surface area (Å²) < 4.78 is 24.8. The Morgan fingerprint density at radius 1 is 1.14 bits per heavy atom. The van der Waals surface area contributed by atoms with Crippen LogP contribution in [0.25, 0.3) is 0 Å². The zero-order chi connectivity index (χ0) is 20.1. The van der Waals surface area contributed by atoms with Gasteiger partial charge in [0.2, 0.25) is 5.91 Å². The lowest BCUT2D eigenvalue weighted by Gasteiger charge is -2.21. The number of nitrogens with zero attached hydrogens (tertiary/aromatic N) is 1. The van der Waals surface area contributed by atoms with Gasteiger partial charge in [0.25, 0.3) is 5.91 Å². The minimum Gasteiger partial charge on any atom is -0.486 e. The number of carbonyl (C=O) groups is 2. The molecule has 0 aliphatic carbocycles. The van der Waals surface area contributed by atoms with Crippen molar-refractivity contribution < 1.29 is 23.5 Å². The maximum Gasteiger partial charge on any atom is 0.252 e. The van der Waals surface area contributed by atoms with Crippen molar-refractivity contribution in [2.45, 2.75) is 13.0 Å². The summed E-state index contributed by atoms with van der Waals surface area (Å²) in [5.41, 5.74) is 1.12. The number of benzene rings is 2. The van der Waals surface area contributed by atoms with Gasteiger partial charge in [-0.3, -0.25) is 9.59 Å². The van der Waals surface area contributed by atoms with Crippen LogP contribution < -0.4 is 14.8 Å². The summed E-state index contributed by atoms with van der Waals surface area (Å²) in [5.74, 6) is 0.332. The van der Waals surface area contributed by atoms with Crippen LogP contribution in [0.4, 0.5) is 4.39 Å². The standard InChI is InChI=1S/C20H20BrFN2O4/c1-24(12-13-2-5-17-18(10-13)28-9-8-27-17)19(25)6-7-23-20(26)15-11-14(22)3-4-16(15)21/h2-5,10-11H,6-9,12H2,1H3,(H,23,26). The quantitative estimate of drug-likeness (QED) is 0.733. The first-order valence-corrected chi connectivity index (χ1v) is 9.59. The molecule has 0 saturated carbocycles. The Balaban J connectivity index is 1.49. The number of ether oxygens (including phenoxy) is 2. The fourth-order valence-electron chi connectivity index (χ4n) is 2.79. The SMILES string of the molecule is CN(Cc1ccc2c(c1)OCCO2)C(=O)CCNC(=O)c1cc(F)ccc1Br. The molecule has 1 aliphatic heterocycles. The molecule has 28 heavy (non-hydrogen) atoms. The molecule has 0 aromatic heterocycles. The van der Waals surface area contributed by atoms with Crippen molar-refractivity contribution in [3.05, 3.63) is 57.8 Å². The van der Waals surface area contributed by atoms with Gasteiger partial charge in [-0.2, -0.15) is 0 Å². The number of amides is 2. The van der Waals surface area contributed by atoms with Crippen LogP contribution in [-0.2, 0) is 11.3 Å². The van der Waals surface area contributed by atoms with Crippen molar-refractivity contribution in [1.29, 1.82) is 0 Å². The topological polar surface area (TPSA) is 67.9 Å². The monoisotopic (exact) mass is 450 g/mol. The summed E-state index contributed by atoms with van der Waals surface area (Å²) in [6, 6.07) is 9.46. The lowest BCUT2D eigenvalue weighted by Crippen LogP contribution is -2.32. The van der Waals surface area contributed by atoms with Gasteiger partial charge in [0, 0.05) is 31.0 Å². The maximum absolute atomic E-state index is 13.3. The molecule has 0 unspecified atom stereocenters. The van der Waals surface area contributed by atoms with Gasteiger partial charge in [-0.05, 0) is 51.8 Å². The number of hydrogen-bond donors (Lipinski definition) is 1. The molecule has 2 aromatic carbocycles. The highest BCUT2D eigenvalue weighted by Gasteiger charge is 2.15. The van der Waals surface area contributed by atoms with Crippen LogP contribution in [0.3, 0.4) is 0 Å². The molecular weight excluding hydrogens is 431 g/mol. The largest absolute Gasteiger partial charge is 0.486 e. The predicted octanol–water partition coefficient (Wildman–Crippen LogP) is 3.14. The first-order chi connectivity index (χ1) is 13.4. The summed E-state index contributed by atoms with van der Waals surface area (Å²) in [7, 11) is 1.70. The zero-order valence-electron chi connectivity index (χ0n) is 15.3. The number of carbonyl (C=O) groups excluding carboxylic acids is 2. The van der Waals surface area contributed by atoms with Crippen molar-refractivity contribution in [2.75, 3.05) is 26.8 Å². The third-order valence-corrected chi connectivity index (χ3v) is 4.94. The fourth-order valence-corrected chi connectivity index (χ4v) is 3.22. The summed E-state index contributed by atoms with van der Waals surface area (Å²) >= 11 is 3.22. The molecule has 0 radical (unpaired) electrons. The normalized spacial score (nSPS) is 12.4. The molecule has 0 bridgehead atoms. The smallest absolute Gasteiger partial charge is 0.252 e. The Hall–Kier alpha value is -2.61. The summed E-state index contributed by atoms with van der Waals surface area (Å²) in [4.78, 5) is 26.0. The molecule has 0 saturated heterocycles. The molecule has 148 valence electrons. The van der Waals surface area contributed by atoms with Crippen LogP contribution >= 0.6 is 15.9 Å². The number of halogens is 2. The summed E-state index contributed by atoms with van der Waals surface area (Å²) in [6.07, 6.45) is 0.139. The van der Waals surface area contributed by atoms with E-state index in [0.717, 1.165) is 11.6 Å². The maximum atomic E-state index is 13.3. The van der Waals surface area contributed by atoms with Crippen LogP contribution in [-0.4, -0.2) is 43.5 Å². The van der Waals surface area contributed by atoms with Gasteiger partial charge in [-0.25, -0.2) is 4.39 Å². The van der Waals surface area contributed by atoms with Gasteiger partial charge in [0.05, 0.1) is 5.56 Å². The van der Waals surface area contributed by atoms with E-state index in [4.69, 9.17) is 9.47 Å². The zero-order valence-corrected chi connectivity index (χ0v) is 16.9. The van der Waals surface area contributed by atoms with Crippen LogP contribution in [0.2, 0.25) is 0 Å². The number of fused-ring (bicyclic) bond motifs is 1. The van der Waals surface area contributed by atoms with Gasteiger partial charge < -0.3 is 19.7 Å². The van der Waals surface area contributed by atoms with E-state index in [2.05, 4.69) is 21.2 Å². The average Bonchev–Trinajstić information content (AvgIpc) is 2.69. The van der Waals surface area contributed by atoms with Gasteiger partial charge in [-0.15, -0.1) is 0 Å². The van der Waals surface area contributed by atoms with E-state index < -0.39 is 11.7 Å². The van der Waals surface area contributed by atoms with E-state index in [1.54, 1.807) is 11.9 Å². The van der Waals surface area contributed by atoms with Gasteiger partial charge in [0.1, 0.15) is 19.0 Å². The van der Waals surface area contributed by atoms with Crippen molar-refractivity contribution >= 4 is 27.7 Å². The number of hydrogen-bond acceptors (Lipinski definition) is 4. The summed E-state index contributed by atoms with van der Waals surface area (Å²) in [6.45, 7) is 1.61. The van der Waals surface area contributed by atoms with Crippen molar-refractivity contribution in [3.8, 4) is 11.5 Å². The minimum atomic E-state index is -0.497. The molecule has 2 aromatic rings. The average molecular weight is 451 g/mol. The van der Waals surface area contributed by atoms with Crippen LogP contribution in [0, 0.1) is 5.82 Å². The highest BCUT2D eigenvalue weighted by molar-refractivity contribution is 9.10. The molecule has 0 fully saturated rings. The molecule has 1 heterocycles. The molecule has 1 aliphatic rings. The van der Waals surface area contributed by atoms with E-state index in [1.165, 1.54) is 12.1 Å². The highest BCUT2D eigenvalue weighted by Crippen LogP contribution is 2.31. The third kappa shape index (κ3) is 5.01. The molecule has 0 spiro atoms. The van der Waals surface area contributed by atoms with Crippen LogP contribution in [0.1, 0.15) is 22.3 Å². The lowest BCUT2D eigenvalue weighted by atomic mass is 10.1. The first kappa shape index (κ1) is 20.1. The van der Waals surface area contributed by atoms with E-state index >= 15 is 0 Å². The summed E-state index contributed by atoms with van der Waals surface area (Å²) in [5, 5.41) is 2.64. The predicted molar refractivity (Wildman–Crippen MR) is 105 cm³/mol. The highest BCUT2D eigenvalue weighted by atomic mass is 79.9. The van der Waals surface area contributed by atoms with E-state index in [-0.39, 0.29) is 24.4 Å².